The van der Waals surface area contributed by atoms with Gasteiger partial charge >= 0.3 is 66.0 Å². The minimum atomic E-state index is -0.151. The summed E-state index contributed by atoms with van der Waals surface area (Å²) in [6, 6.07) is 52.0. The van der Waals surface area contributed by atoms with Gasteiger partial charge in [-0.2, -0.15) is 0 Å². The summed E-state index contributed by atoms with van der Waals surface area (Å²) in [5, 5.41) is 105. The summed E-state index contributed by atoms with van der Waals surface area (Å²) in [5.41, 5.74) is 3.26. The van der Waals surface area contributed by atoms with Gasteiger partial charge in [0.2, 0.25) is 0 Å². The van der Waals surface area contributed by atoms with E-state index in [2.05, 4.69) is 20.0 Å². The molecule has 0 spiro atoms. The fourth-order valence-corrected chi connectivity index (χ4v) is 5.16. The monoisotopic (exact) mass is 1140 g/mol. The van der Waals surface area contributed by atoms with Gasteiger partial charge in [0, 0.05) is 39.1 Å². The van der Waals surface area contributed by atoms with Gasteiger partial charge in [-0.15, -0.1) is 23.0 Å². The van der Waals surface area contributed by atoms with Gasteiger partial charge in [0.1, 0.15) is 0 Å². The van der Waals surface area contributed by atoms with Crippen molar-refractivity contribution < 1.29 is 117 Å². The summed E-state index contributed by atoms with van der Waals surface area (Å²) in [7, 11) is 2.00. The van der Waals surface area contributed by atoms with Crippen molar-refractivity contribution in [2.24, 2.45) is 20.0 Å². The van der Waals surface area contributed by atoms with E-state index >= 15 is 0 Å². The minimum absolute atomic E-state index is 0. The Balaban J connectivity index is 0. The maximum absolute atomic E-state index is 11.4. The molecule has 0 atom stereocenters. The molecule has 72 heavy (non-hydrogen) atoms. The predicted molar refractivity (Wildman–Crippen MR) is 252 cm³/mol. The Morgan fingerprint density at radius 1 is 0.236 bits per heavy atom. The van der Waals surface area contributed by atoms with E-state index in [0.717, 1.165) is 14.2 Å². The van der Waals surface area contributed by atoms with Crippen LogP contribution in [0.4, 0.5) is 22.7 Å². The van der Waals surface area contributed by atoms with E-state index < -0.39 is 0 Å². The van der Waals surface area contributed by atoms with Crippen LogP contribution in [0.3, 0.4) is 0 Å². The third-order valence-electron chi connectivity index (χ3n) is 8.51. The van der Waals surface area contributed by atoms with E-state index in [1.807, 2.05) is 0 Å². The average molecular weight is 1140 g/mol. The molecule has 0 radical (unpaired) electrons. The van der Waals surface area contributed by atoms with Crippen LogP contribution in [0.5, 0.6) is 46.0 Å². The molecular weight excluding hydrogens is 1100 g/mol. The Morgan fingerprint density at radius 3 is 0.528 bits per heavy atom. The van der Waals surface area contributed by atoms with Gasteiger partial charge in [0.05, 0.1) is 22.7 Å². The predicted octanol–water partition coefficient (Wildman–Crippen LogP) is 5.54. The molecule has 0 aliphatic carbocycles. The van der Waals surface area contributed by atoms with Crippen molar-refractivity contribution in [2.45, 2.75) is 0 Å². The molecule has 0 amide bonds. The standard InChI is InChI=1S/4C13H11NO2.2CH4O.4Ni/c4*15-12-7-3-1-5-10(12)9-14-11-6-2-4-8-13(11)16;2*1-2;;;;/h4*1-9,15-16H;2*2H,1H3;;;;/q;;;;;;4*+2/p-8. The number of rotatable bonds is 8. The fraction of sp³-hybridized carbons (Fsp3) is 0.0370. The van der Waals surface area contributed by atoms with E-state index in [1.54, 1.807) is 146 Å². The van der Waals surface area contributed by atoms with E-state index in [0.29, 0.717) is 45.0 Å². The molecule has 0 saturated heterocycles. The van der Waals surface area contributed by atoms with Crippen LogP contribution in [-0.4, -0.2) is 49.3 Å². The van der Waals surface area contributed by atoms with E-state index in [9.17, 15) is 40.9 Å². The molecule has 18 heteroatoms. The molecule has 0 heterocycles. The van der Waals surface area contributed by atoms with Crippen molar-refractivity contribution in [3.63, 3.8) is 0 Å². The zero-order valence-electron chi connectivity index (χ0n) is 38.0. The average Bonchev–Trinajstić information content (AvgIpc) is 3.37. The molecule has 8 aromatic carbocycles. The molecule has 0 bridgehead atoms. The summed E-state index contributed by atoms with van der Waals surface area (Å²) in [6.07, 6.45) is 5.66. The molecule has 0 fully saturated rings. The summed E-state index contributed by atoms with van der Waals surface area (Å²) in [5.74, 6) is -1.01. The first kappa shape index (κ1) is 66.8. The van der Waals surface area contributed by atoms with Crippen molar-refractivity contribution >= 4 is 47.6 Å². The SMILES string of the molecule is CO.CO.[Ni+2].[Ni+2].[Ni+2].[Ni+2].[O-]c1ccccc1C=Nc1ccccc1[O-].[O-]c1ccccc1C=Nc1ccccc1[O-].[O-]c1ccccc1C=Nc1ccccc1[O-].[O-]c1ccccc1C=Nc1ccccc1[O-]. The summed E-state index contributed by atoms with van der Waals surface area (Å²) in [6.45, 7) is 0. The third-order valence-corrected chi connectivity index (χ3v) is 8.51. The van der Waals surface area contributed by atoms with Crippen molar-refractivity contribution in [1.29, 1.82) is 0 Å². The van der Waals surface area contributed by atoms with Gasteiger partial charge in [0.15, 0.2) is 0 Å². The summed E-state index contributed by atoms with van der Waals surface area (Å²) < 4.78 is 0. The molecule has 8 rings (SSSR count). The van der Waals surface area contributed by atoms with Crippen LogP contribution >= 0.6 is 0 Å². The quantitative estimate of drug-likeness (QED) is 0.142. The zero-order valence-corrected chi connectivity index (χ0v) is 41.9. The Kier molecular flexibility index (Phi) is 35.7. The molecule has 14 nitrogen and oxygen atoms in total. The molecule has 380 valence electrons. The first-order chi connectivity index (χ1) is 33.1. The van der Waals surface area contributed by atoms with Gasteiger partial charge in [0.25, 0.3) is 0 Å². The van der Waals surface area contributed by atoms with Gasteiger partial charge in [-0.3, -0.25) is 20.0 Å². The Bertz CT molecular complexity index is 2310. The van der Waals surface area contributed by atoms with Crippen LogP contribution in [0, 0.1) is 0 Å². The molecule has 0 aromatic heterocycles. The minimum Gasteiger partial charge on any atom is -0.872 e. The first-order valence-corrected chi connectivity index (χ1v) is 20.2. The third kappa shape index (κ3) is 23.6. The van der Waals surface area contributed by atoms with Crippen molar-refractivity contribution in [3.8, 4) is 46.0 Å². The van der Waals surface area contributed by atoms with Gasteiger partial charge < -0.3 is 51.1 Å². The zero-order chi connectivity index (χ0) is 49.5. The van der Waals surface area contributed by atoms with Crippen LogP contribution in [0.2, 0.25) is 0 Å². The van der Waals surface area contributed by atoms with Crippen LogP contribution in [0.15, 0.2) is 214 Å². The molecule has 8 aromatic rings. The maximum atomic E-state index is 11.4. The Labute approximate surface area is 458 Å². The smallest absolute Gasteiger partial charge is 0.872 e. The second kappa shape index (κ2) is 38.5. The van der Waals surface area contributed by atoms with Crippen LogP contribution in [-0.2, 0) is 66.0 Å². The van der Waals surface area contributed by atoms with Crippen LogP contribution in [0.25, 0.3) is 0 Å². The Hall–Kier alpha value is -7.27. The molecule has 0 aliphatic rings. The number of aliphatic hydroxyl groups excluding tert-OH is 2. The van der Waals surface area contributed by atoms with Gasteiger partial charge in [-0.05, 0) is 46.5 Å². The van der Waals surface area contributed by atoms with Crippen molar-refractivity contribution in [3.05, 3.63) is 216 Å². The second-order valence-corrected chi connectivity index (χ2v) is 13.1. The van der Waals surface area contributed by atoms with Gasteiger partial charge in [-0.25, -0.2) is 0 Å². The number of aliphatic imine (C=N–C) groups is 4. The van der Waals surface area contributed by atoms with Crippen LogP contribution in [0.1, 0.15) is 22.3 Å². The summed E-state index contributed by atoms with van der Waals surface area (Å²) in [4.78, 5) is 16.0. The molecule has 0 saturated carbocycles. The largest absolute Gasteiger partial charge is 2.00 e. The molecule has 0 aliphatic heterocycles. The topological polar surface area (TPSA) is 274 Å². The molecule has 0 unspecified atom stereocenters. The Morgan fingerprint density at radius 2 is 0.375 bits per heavy atom. The molecule has 2 N–H and O–H groups in total. The van der Waals surface area contributed by atoms with E-state index in [1.165, 1.54) is 73.4 Å². The van der Waals surface area contributed by atoms with Crippen molar-refractivity contribution in [2.75, 3.05) is 14.2 Å². The molecular formula is C54H44N4Ni4O10. The number of benzene rings is 8. The fourth-order valence-electron chi connectivity index (χ4n) is 5.16. The van der Waals surface area contributed by atoms with E-state index in [-0.39, 0.29) is 112 Å². The number of aliphatic hydroxyl groups is 2. The number of nitrogens with zero attached hydrogens (tertiary/aromatic N) is 4. The number of para-hydroxylation sites is 12. The first-order valence-electron chi connectivity index (χ1n) is 20.2. The van der Waals surface area contributed by atoms with E-state index in [4.69, 9.17) is 10.2 Å². The maximum Gasteiger partial charge on any atom is 2.00 e. The number of hydrogen-bond donors (Lipinski definition) is 2. The second-order valence-electron chi connectivity index (χ2n) is 13.1. The normalized spacial score (nSPS) is 9.72. The van der Waals surface area contributed by atoms with Crippen LogP contribution < -0.4 is 40.9 Å². The number of hydrogen-bond acceptors (Lipinski definition) is 14. The van der Waals surface area contributed by atoms with Crippen molar-refractivity contribution in [1.82, 2.24) is 0 Å². The van der Waals surface area contributed by atoms with Gasteiger partial charge in [-0.1, -0.05) is 193 Å². The summed E-state index contributed by atoms with van der Waals surface area (Å²) >= 11 is 0.